The fraction of sp³-hybridized carbons (Fsp3) is 0.357. The van der Waals surface area contributed by atoms with Gasteiger partial charge in [-0.05, 0) is 24.1 Å². The van der Waals surface area contributed by atoms with E-state index in [1.807, 2.05) is 31.2 Å². The zero-order chi connectivity index (χ0) is 13.4. The fourth-order valence-electron chi connectivity index (χ4n) is 1.61. The van der Waals surface area contributed by atoms with Gasteiger partial charge in [-0.25, -0.2) is 0 Å². The summed E-state index contributed by atoms with van der Waals surface area (Å²) in [5.74, 6) is -0.207. The topological polar surface area (TPSA) is 60.8 Å². The molecular formula is C14H19NO3. The van der Waals surface area contributed by atoms with Crippen molar-refractivity contribution in [1.29, 1.82) is 0 Å². The first-order valence-corrected chi connectivity index (χ1v) is 5.93. The van der Waals surface area contributed by atoms with E-state index in [4.69, 9.17) is 10.2 Å². The molecule has 0 saturated carbocycles. The molecule has 0 unspecified atom stereocenters. The van der Waals surface area contributed by atoms with E-state index in [2.05, 4.69) is 0 Å². The van der Waals surface area contributed by atoms with Gasteiger partial charge in [-0.2, -0.15) is 0 Å². The Balaban J connectivity index is 2.70. The molecule has 1 amide bonds. The molecule has 2 N–H and O–H groups in total. The zero-order valence-electron chi connectivity index (χ0n) is 10.5. The van der Waals surface area contributed by atoms with Gasteiger partial charge >= 0.3 is 0 Å². The van der Waals surface area contributed by atoms with Crippen molar-refractivity contribution in [2.24, 2.45) is 0 Å². The van der Waals surface area contributed by atoms with Gasteiger partial charge in [0, 0.05) is 19.2 Å². The number of amides is 1. The van der Waals surface area contributed by atoms with E-state index in [0.717, 1.165) is 11.1 Å². The Morgan fingerprint density at radius 1 is 1.22 bits per heavy atom. The number of carbonyl (C=O) groups excluding carboxylic acids is 1. The third-order valence-electron chi connectivity index (χ3n) is 2.65. The smallest absolute Gasteiger partial charge is 0.246 e. The largest absolute Gasteiger partial charge is 0.395 e. The van der Waals surface area contributed by atoms with Crippen molar-refractivity contribution in [1.82, 2.24) is 4.90 Å². The Kier molecular flexibility index (Phi) is 6.11. The van der Waals surface area contributed by atoms with Crippen LogP contribution in [0, 0.1) is 6.92 Å². The first kappa shape index (κ1) is 14.4. The van der Waals surface area contributed by atoms with Gasteiger partial charge in [-0.1, -0.05) is 24.3 Å². The summed E-state index contributed by atoms with van der Waals surface area (Å²) in [6, 6.07) is 7.76. The molecule has 0 heterocycles. The van der Waals surface area contributed by atoms with Crippen LogP contribution in [0.3, 0.4) is 0 Å². The molecule has 0 atom stereocenters. The molecule has 1 rings (SSSR count). The monoisotopic (exact) mass is 249 g/mol. The molecule has 0 spiro atoms. The normalized spacial score (nSPS) is 10.8. The zero-order valence-corrected chi connectivity index (χ0v) is 10.5. The first-order chi connectivity index (χ1) is 8.69. The predicted octanol–water partition coefficient (Wildman–Crippen LogP) is 0.821. The second-order valence-corrected chi connectivity index (χ2v) is 3.96. The molecule has 0 radical (unpaired) electrons. The summed E-state index contributed by atoms with van der Waals surface area (Å²) in [5.41, 5.74) is 2.08. The molecular weight excluding hydrogens is 230 g/mol. The molecule has 0 aromatic heterocycles. The molecule has 4 nitrogen and oxygen atoms in total. The van der Waals surface area contributed by atoms with E-state index in [0.29, 0.717) is 0 Å². The van der Waals surface area contributed by atoms with Crippen molar-refractivity contribution in [3.05, 3.63) is 41.5 Å². The number of aryl methyl sites for hydroxylation is 1. The molecule has 4 heteroatoms. The van der Waals surface area contributed by atoms with E-state index in [-0.39, 0.29) is 32.2 Å². The summed E-state index contributed by atoms with van der Waals surface area (Å²) in [5, 5.41) is 17.7. The van der Waals surface area contributed by atoms with Crippen molar-refractivity contribution in [3.8, 4) is 0 Å². The van der Waals surface area contributed by atoms with Crippen LogP contribution in [0.1, 0.15) is 11.1 Å². The quantitative estimate of drug-likeness (QED) is 0.734. The maximum absolute atomic E-state index is 11.8. The lowest BCUT2D eigenvalue weighted by molar-refractivity contribution is -0.126. The number of nitrogens with zero attached hydrogens (tertiary/aromatic N) is 1. The van der Waals surface area contributed by atoms with Gasteiger partial charge < -0.3 is 15.1 Å². The highest BCUT2D eigenvalue weighted by molar-refractivity contribution is 5.92. The van der Waals surface area contributed by atoms with Crippen LogP contribution in [0.25, 0.3) is 6.08 Å². The number of benzene rings is 1. The van der Waals surface area contributed by atoms with Crippen LogP contribution in [0.2, 0.25) is 0 Å². The molecule has 0 saturated heterocycles. The van der Waals surface area contributed by atoms with Crippen LogP contribution < -0.4 is 0 Å². The summed E-state index contributed by atoms with van der Waals surface area (Å²) in [7, 11) is 0. The lowest BCUT2D eigenvalue weighted by Crippen LogP contribution is -2.34. The third kappa shape index (κ3) is 4.31. The second-order valence-electron chi connectivity index (χ2n) is 3.96. The Morgan fingerprint density at radius 3 is 2.39 bits per heavy atom. The number of hydrogen-bond acceptors (Lipinski definition) is 3. The van der Waals surface area contributed by atoms with Crippen molar-refractivity contribution < 1.29 is 15.0 Å². The Hall–Kier alpha value is -1.65. The van der Waals surface area contributed by atoms with Crippen LogP contribution in [0.5, 0.6) is 0 Å². The second kappa shape index (κ2) is 7.63. The Morgan fingerprint density at radius 2 is 1.83 bits per heavy atom. The lowest BCUT2D eigenvalue weighted by Gasteiger charge is -2.18. The maximum Gasteiger partial charge on any atom is 0.246 e. The third-order valence-corrected chi connectivity index (χ3v) is 2.65. The highest BCUT2D eigenvalue weighted by atomic mass is 16.3. The van der Waals surface area contributed by atoms with Gasteiger partial charge in [-0.3, -0.25) is 4.79 Å². The van der Waals surface area contributed by atoms with Crippen LogP contribution in [0.4, 0.5) is 0 Å². The minimum absolute atomic E-state index is 0.107. The van der Waals surface area contributed by atoms with Crippen molar-refractivity contribution in [2.45, 2.75) is 6.92 Å². The Bertz CT molecular complexity index is 409. The molecule has 1 aromatic carbocycles. The van der Waals surface area contributed by atoms with Gasteiger partial charge in [0.25, 0.3) is 0 Å². The lowest BCUT2D eigenvalue weighted by atomic mass is 10.1. The van der Waals surface area contributed by atoms with E-state index in [9.17, 15) is 4.79 Å². The van der Waals surface area contributed by atoms with Crippen molar-refractivity contribution >= 4 is 12.0 Å². The highest BCUT2D eigenvalue weighted by Gasteiger charge is 2.08. The van der Waals surface area contributed by atoms with Crippen LogP contribution in [0.15, 0.2) is 30.3 Å². The molecule has 0 fully saturated rings. The molecule has 0 aliphatic rings. The fourth-order valence-corrected chi connectivity index (χ4v) is 1.61. The van der Waals surface area contributed by atoms with Crippen LogP contribution >= 0.6 is 0 Å². The van der Waals surface area contributed by atoms with Crippen LogP contribution in [-0.4, -0.2) is 47.3 Å². The molecule has 98 valence electrons. The number of aliphatic hydroxyl groups excluding tert-OH is 2. The standard InChI is InChI=1S/C14H19NO3/c1-12-4-2-3-5-13(12)6-7-14(18)15(8-10-16)9-11-17/h2-7,16-17H,8-11H2,1H3. The van der Waals surface area contributed by atoms with Gasteiger partial charge in [0.2, 0.25) is 5.91 Å². The molecule has 1 aromatic rings. The summed E-state index contributed by atoms with van der Waals surface area (Å²) in [6.45, 7) is 2.23. The number of hydrogen-bond donors (Lipinski definition) is 2. The minimum Gasteiger partial charge on any atom is -0.395 e. The average Bonchev–Trinajstić information content (AvgIpc) is 2.37. The first-order valence-electron chi connectivity index (χ1n) is 5.93. The van der Waals surface area contributed by atoms with Gasteiger partial charge in [0.1, 0.15) is 0 Å². The summed E-state index contributed by atoms with van der Waals surface area (Å²) in [6.07, 6.45) is 3.22. The van der Waals surface area contributed by atoms with Gasteiger partial charge in [-0.15, -0.1) is 0 Å². The molecule has 0 aliphatic heterocycles. The number of carbonyl (C=O) groups is 1. The number of aliphatic hydroxyl groups is 2. The summed E-state index contributed by atoms with van der Waals surface area (Å²) in [4.78, 5) is 13.2. The van der Waals surface area contributed by atoms with Gasteiger partial charge in [0.05, 0.1) is 13.2 Å². The molecule has 18 heavy (non-hydrogen) atoms. The molecule has 0 bridgehead atoms. The van der Waals surface area contributed by atoms with Crippen molar-refractivity contribution in [2.75, 3.05) is 26.3 Å². The SMILES string of the molecule is Cc1ccccc1C=CC(=O)N(CCO)CCO. The highest BCUT2D eigenvalue weighted by Crippen LogP contribution is 2.09. The Labute approximate surface area is 107 Å². The van der Waals surface area contributed by atoms with E-state index < -0.39 is 0 Å². The average molecular weight is 249 g/mol. The van der Waals surface area contributed by atoms with Gasteiger partial charge in [0.15, 0.2) is 0 Å². The summed E-state index contributed by atoms with van der Waals surface area (Å²) < 4.78 is 0. The minimum atomic E-state index is -0.207. The van der Waals surface area contributed by atoms with E-state index in [1.54, 1.807) is 6.08 Å². The van der Waals surface area contributed by atoms with Crippen LogP contribution in [-0.2, 0) is 4.79 Å². The van der Waals surface area contributed by atoms with Crippen molar-refractivity contribution in [3.63, 3.8) is 0 Å². The number of rotatable bonds is 6. The molecule has 0 aliphatic carbocycles. The van der Waals surface area contributed by atoms with E-state index in [1.165, 1.54) is 11.0 Å². The summed E-state index contributed by atoms with van der Waals surface area (Å²) >= 11 is 0. The predicted molar refractivity (Wildman–Crippen MR) is 71.0 cm³/mol. The van der Waals surface area contributed by atoms with E-state index >= 15 is 0 Å². The maximum atomic E-state index is 11.8.